The molecule has 158 valence electrons. The average molecular weight is 474 g/mol. The van der Waals surface area contributed by atoms with Crippen molar-refractivity contribution in [2.75, 3.05) is 23.7 Å². The van der Waals surface area contributed by atoms with Crippen LogP contribution in [0.25, 0.3) is 0 Å². The number of halogens is 1. The number of nitrogens with one attached hydrogen (secondary N) is 2. The predicted octanol–water partition coefficient (Wildman–Crippen LogP) is 4.06. The maximum absolute atomic E-state index is 12.2. The summed E-state index contributed by atoms with van der Waals surface area (Å²) < 4.78 is 6.19. The van der Waals surface area contributed by atoms with Gasteiger partial charge in [-0.3, -0.25) is 0 Å². The number of piperidine rings is 1. The molecule has 0 aliphatic carbocycles. The highest BCUT2D eigenvalue weighted by atomic mass is 79.9. The van der Waals surface area contributed by atoms with Crippen LogP contribution in [0.4, 0.5) is 22.4 Å². The largest absolute Gasteiger partial charge is 0.444 e. The van der Waals surface area contributed by atoms with Gasteiger partial charge in [-0.25, -0.2) is 14.8 Å². The molecule has 0 radical (unpaired) electrons. The lowest BCUT2D eigenvalue weighted by atomic mass is 10.1. The lowest BCUT2D eigenvalue weighted by Gasteiger charge is -2.34. The molecule has 0 bridgehead atoms. The molecule has 30 heavy (non-hydrogen) atoms. The van der Waals surface area contributed by atoms with E-state index in [2.05, 4.69) is 41.5 Å². The number of likely N-dealkylation sites (tertiary alicyclic amines) is 1. The van der Waals surface area contributed by atoms with E-state index in [0.29, 0.717) is 36.2 Å². The zero-order chi connectivity index (χ0) is 21.7. The van der Waals surface area contributed by atoms with Crippen LogP contribution in [0.15, 0.2) is 29.0 Å². The molecule has 2 N–H and O–H groups in total. The van der Waals surface area contributed by atoms with E-state index in [1.54, 1.807) is 23.2 Å². The van der Waals surface area contributed by atoms with Crippen molar-refractivity contribution in [1.82, 2.24) is 19.9 Å². The molecule has 1 saturated heterocycles. The molecule has 0 saturated carbocycles. The Morgan fingerprint density at radius 1 is 1.27 bits per heavy atom. The highest BCUT2D eigenvalue weighted by molar-refractivity contribution is 9.10. The van der Waals surface area contributed by atoms with Crippen LogP contribution < -0.4 is 10.6 Å². The molecular weight excluding hydrogens is 450 g/mol. The third-order valence-corrected chi connectivity index (χ3v) is 4.94. The topological polar surface area (TPSA) is 116 Å². The van der Waals surface area contributed by atoms with Crippen molar-refractivity contribution in [2.24, 2.45) is 0 Å². The fraction of sp³-hybridized carbons (Fsp3) is 0.450. The van der Waals surface area contributed by atoms with Crippen molar-refractivity contribution >= 4 is 39.6 Å². The minimum absolute atomic E-state index is 0.177. The van der Waals surface area contributed by atoms with E-state index in [0.717, 1.165) is 17.3 Å². The first kappa shape index (κ1) is 21.8. The molecule has 0 atom stereocenters. The Morgan fingerprint density at radius 3 is 2.60 bits per heavy atom. The smallest absolute Gasteiger partial charge is 0.410 e. The molecule has 0 spiro atoms. The lowest BCUT2D eigenvalue weighted by Crippen LogP contribution is -2.44. The van der Waals surface area contributed by atoms with Gasteiger partial charge in [0.15, 0.2) is 0 Å². The van der Waals surface area contributed by atoms with E-state index in [1.165, 1.54) is 6.20 Å². The number of aromatic nitrogens is 3. The summed E-state index contributed by atoms with van der Waals surface area (Å²) in [5.41, 5.74) is -0.0112. The van der Waals surface area contributed by atoms with E-state index >= 15 is 0 Å². The molecule has 1 amide bonds. The SMILES string of the molecule is CC(C)(C)OC(=O)N1CCC(Nc2nc(Nc3ccc(C#N)cn3)ncc2Br)CC1. The summed E-state index contributed by atoms with van der Waals surface area (Å²) in [6.45, 7) is 6.84. The number of nitrogens with zero attached hydrogens (tertiary/aromatic N) is 5. The standard InChI is InChI=1S/C20H24BrN7O2/c1-20(2,3)30-19(29)28-8-6-14(7-9-28)25-17-15(21)12-24-18(27-17)26-16-5-4-13(10-22)11-23-16/h4-5,11-12,14H,6-9H2,1-3H3,(H2,23,24,25,26,27). The third kappa shape index (κ3) is 6.03. The van der Waals surface area contributed by atoms with Gasteiger partial charge >= 0.3 is 6.09 Å². The Labute approximate surface area is 184 Å². The van der Waals surface area contributed by atoms with E-state index in [1.807, 2.05) is 26.8 Å². The van der Waals surface area contributed by atoms with Gasteiger partial charge in [0.1, 0.15) is 23.3 Å². The van der Waals surface area contributed by atoms with Gasteiger partial charge in [-0.05, 0) is 61.7 Å². The normalized spacial score (nSPS) is 14.7. The summed E-state index contributed by atoms with van der Waals surface area (Å²) in [6, 6.07) is 5.58. The number of hydrogen-bond acceptors (Lipinski definition) is 8. The van der Waals surface area contributed by atoms with Crippen LogP contribution in [0.3, 0.4) is 0 Å². The fourth-order valence-electron chi connectivity index (χ4n) is 2.90. The van der Waals surface area contributed by atoms with E-state index in [9.17, 15) is 4.79 Å². The first-order valence-electron chi connectivity index (χ1n) is 9.64. The fourth-order valence-corrected chi connectivity index (χ4v) is 3.21. The Kier molecular flexibility index (Phi) is 6.72. The molecule has 9 nitrogen and oxygen atoms in total. The lowest BCUT2D eigenvalue weighted by molar-refractivity contribution is 0.0210. The third-order valence-electron chi connectivity index (χ3n) is 4.36. The highest BCUT2D eigenvalue weighted by Gasteiger charge is 2.27. The van der Waals surface area contributed by atoms with Crippen LogP contribution in [0, 0.1) is 11.3 Å². The van der Waals surface area contributed by atoms with Gasteiger partial charge in [-0.15, -0.1) is 0 Å². The van der Waals surface area contributed by atoms with E-state index in [-0.39, 0.29) is 12.1 Å². The van der Waals surface area contributed by atoms with Crippen LogP contribution in [0.5, 0.6) is 0 Å². The summed E-state index contributed by atoms with van der Waals surface area (Å²) >= 11 is 3.48. The van der Waals surface area contributed by atoms with Crippen LogP contribution >= 0.6 is 15.9 Å². The molecule has 2 aromatic heterocycles. The second kappa shape index (κ2) is 9.26. The number of rotatable bonds is 4. The van der Waals surface area contributed by atoms with Crippen molar-refractivity contribution in [3.05, 3.63) is 34.6 Å². The van der Waals surface area contributed by atoms with Crippen molar-refractivity contribution in [3.63, 3.8) is 0 Å². The predicted molar refractivity (Wildman–Crippen MR) is 116 cm³/mol. The number of carbonyl (C=O) groups is 1. The molecule has 0 aromatic carbocycles. The quantitative estimate of drug-likeness (QED) is 0.682. The molecule has 3 heterocycles. The van der Waals surface area contributed by atoms with E-state index in [4.69, 9.17) is 10.00 Å². The summed E-state index contributed by atoms with van der Waals surface area (Å²) in [5, 5.41) is 15.3. The van der Waals surface area contributed by atoms with Gasteiger partial charge in [0, 0.05) is 31.5 Å². The Morgan fingerprint density at radius 2 is 2.00 bits per heavy atom. The first-order chi connectivity index (χ1) is 14.2. The average Bonchev–Trinajstić information content (AvgIpc) is 2.70. The maximum Gasteiger partial charge on any atom is 0.410 e. The molecule has 1 aliphatic heterocycles. The minimum atomic E-state index is -0.495. The van der Waals surface area contributed by atoms with Crippen molar-refractivity contribution < 1.29 is 9.53 Å². The molecule has 1 aliphatic rings. The first-order valence-corrected chi connectivity index (χ1v) is 10.4. The molecule has 10 heteroatoms. The van der Waals surface area contributed by atoms with Crippen molar-refractivity contribution in [3.8, 4) is 6.07 Å². The van der Waals surface area contributed by atoms with Gasteiger partial charge in [-0.2, -0.15) is 10.2 Å². The van der Waals surface area contributed by atoms with Crippen LogP contribution in [-0.4, -0.2) is 50.7 Å². The second-order valence-corrected chi connectivity index (χ2v) is 8.80. The number of hydrogen-bond donors (Lipinski definition) is 2. The summed E-state index contributed by atoms with van der Waals surface area (Å²) in [5.74, 6) is 1.61. The van der Waals surface area contributed by atoms with Gasteiger partial charge < -0.3 is 20.3 Å². The van der Waals surface area contributed by atoms with Gasteiger partial charge in [0.05, 0.1) is 10.0 Å². The number of amides is 1. The van der Waals surface area contributed by atoms with Gasteiger partial charge in [0.25, 0.3) is 0 Å². The zero-order valence-corrected chi connectivity index (χ0v) is 18.7. The van der Waals surface area contributed by atoms with Gasteiger partial charge in [0.2, 0.25) is 5.95 Å². The molecule has 2 aromatic rings. The number of carbonyl (C=O) groups excluding carboxylic acids is 1. The molecule has 0 unspecified atom stereocenters. The van der Waals surface area contributed by atoms with Crippen LogP contribution in [-0.2, 0) is 4.74 Å². The maximum atomic E-state index is 12.2. The molecule has 3 rings (SSSR count). The Hall–Kier alpha value is -2.93. The number of nitriles is 1. The summed E-state index contributed by atoms with van der Waals surface area (Å²) in [7, 11) is 0. The van der Waals surface area contributed by atoms with E-state index < -0.39 is 5.60 Å². The van der Waals surface area contributed by atoms with Gasteiger partial charge in [-0.1, -0.05) is 0 Å². The number of pyridine rings is 1. The second-order valence-electron chi connectivity index (χ2n) is 7.95. The number of ether oxygens (including phenoxy) is 1. The summed E-state index contributed by atoms with van der Waals surface area (Å²) in [6.07, 6.45) is 4.45. The van der Waals surface area contributed by atoms with Crippen molar-refractivity contribution in [2.45, 2.75) is 45.3 Å². The molecule has 1 fully saturated rings. The monoisotopic (exact) mass is 473 g/mol. The minimum Gasteiger partial charge on any atom is -0.444 e. The molecular formula is C20H24BrN7O2. The Balaban J connectivity index is 1.58. The highest BCUT2D eigenvalue weighted by Crippen LogP contribution is 2.25. The number of anilines is 3. The zero-order valence-electron chi connectivity index (χ0n) is 17.1. The van der Waals surface area contributed by atoms with Crippen LogP contribution in [0.2, 0.25) is 0 Å². The van der Waals surface area contributed by atoms with Crippen molar-refractivity contribution in [1.29, 1.82) is 5.26 Å². The van der Waals surface area contributed by atoms with Crippen LogP contribution in [0.1, 0.15) is 39.2 Å². The summed E-state index contributed by atoms with van der Waals surface area (Å²) in [4.78, 5) is 26.9. The Bertz CT molecular complexity index is 930.